The van der Waals surface area contributed by atoms with Crippen LogP contribution in [-0.2, 0) is 0 Å². The first kappa shape index (κ1) is 31.9. The molecule has 0 aliphatic carbocycles. The molecule has 0 aliphatic heterocycles. The number of benzene rings is 8. The summed E-state index contributed by atoms with van der Waals surface area (Å²) < 4.78 is 7.19. The highest BCUT2D eigenvalue weighted by molar-refractivity contribution is 7.26. The third-order valence-electron chi connectivity index (χ3n) is 11.2. The third-order valence-corrected chi connectivity index (χ3v) is 12.4. The molecule has 0 amide bonds. The third kappa shape index (κ3) is 4.91. The van der Waals surface area contributed by atoms with Crippen LogP contribution in [0.2, 0.25) is 0 Å². The largest absolute Gasteiger partial charge is 0.309 e. The van der Waals surface area contributed by atoms with Crippen LogP contribution in [0.25, 0.3) is 109 Å². The zero-order valence-electron chi connectivity index (χ0n) is 30.5. The van der Waals surface area contributed by atoms with Crippen LogP contribution >= 0.6 is 11.3 Å². The number of fused-ring (bicyclic) bond motifs is 10. The van der Waals surface area contributed by atoms with E-state index in [0.29, 0.717) is 17.6 Å². The predicted molar refractivity (Wildman–Crippen MR) is 238 cm³/mol. The lowest BCUT2D eigenvalue weighted by molar-refractivity contribution is 0.955. The van der Waals surface area contributed by atoms with Crippen LogP contribution in [0.4, 0.5) is 0 Å². The summed E-state index contributed by atoms with van der Waals surface area (Å²) in [5.74, 6) is 1.82. The number of aromatic nitrogens is 5. The van der Waals surface area contributed by atoms with Crippen LogP contribution in [0.15, 0.2) is 188 Å². The molecule has 0 atom stereocenters. The Kier molecular flexibility index (Phi) is 7.03. The van der Waals surface area contributed by atoms with Crippen LogP contribution < -0.4 is 0 Å². The second-order valence-electron chi connectivity index (χ2n) is 14.4. The van der Waals surface area contributed by atoms with Gasteiger partial charge in [0.15, 0.2) is 11.6 Å². The van der Waals surface area contributed by atoms with E-state index in [1.165, 1.54) is 31.1 Å². The second kappa shape index (κ2) is 12.6. The molecule has 12 rings (SSSR count). The SMILES string of the molecule is c1ccc(-c2nc(-c3cccc(-c4cccc5c4sc4ccccc45)c3)nc(-n3c4ccccc4c4ccc5c(c6ccccc6n5-c5ccccc5)c43)n2)cc1. The molecule has 4 aromatic heterocycles. The lowest BCUT2D eigenvalue weighted by Gasteiger charge is -2.12. The highest BCUT2D eigenvalue weighted by Crippen LogP contribution is 2.43. The smallest absolute Gasteiger partial charge is 0.238 e. The number of nitrogens with zero attached hydrogens (tertiary/aromatic N) is 5. The summed E-state index contributed by atoms with van der Waals surface area (Å²) in [5, 5.41) is 7.19. The lowest BCUT2D eigenvalue weighted by atomic mass is 10.0. The van der Waals surface area contributed by atoms with Crippen molar-refractivity contribution in [2.75, 3.05) is 0 Å². The first-order valence-corrected chi connectivity index (χ1v) is 19.9. The van der Waals surface area contributed by atoms with Crippen molar-refractivity contribution in [1.29, 1.82) is 0 Å². The molecule has 0 unspecified atom stereocenters. The average molecular weight is 746 g/mol. The monoisotopic (exact) mass is 745 g/mol. The first-order chi connectivity index (χ1) is 28.3. The van der Waals surface area contributed by atoms with Gasteiger partial charge in [-0.2, -0.15) is 9.97 Å². The maximum Gasteiger partial charge on any atom is 0.238 e. The Morgan fingerprint density at radius 3 is 1.82 bits per heavy atom. The van der Waals surface area contributed by atoms with E-state index in [1.54, 1.807) is 0 Å². The number of thiophene rings is 1. The molecule has 0 saturated carbocycles. The molecule has 266 valence electrons. The van der Waals surface area contributed by atoms with Gasteiger partial charge in [0, 0.05) is 58.5 Å². The minimum atomic E-state index is 0.575. The molecule has 8 aromatic carbocycles. The fourth-order valence-corrected chi connectivity index (χ4v) is 9.92. The fraction of sp³-hybridized carbons (Fsp3) is 0. The summed E-state index contributed by atoms with van der Waals surface area (Å²) in [6.45, 7) is 0. The van der Waals surface area contributed by atoms with Gasteiger partial charge >= 0.3 is 0 Å². The molecule has 0 spiro atoms. The van der Waals surface area contributed by atoms with Crippen molar-refractivity contribution in [3.63, 3.8) is 0 Å². The molecule has 0 bridgehead atoms. The van der Waals surface area contributed by atoms with Gasteiger partial charge in [-0.25, -0.2) is 4.98 Å². The molecular weight excluding hydrogens is 715 g/mol. The van der Waals surface area contributed by atoms with Crippen molar-refractivity contribution in [2.24, 2.45) is 0 Å². The average Bonchev–Trinajstić information content (AvgIpc) is 3.95. The van der Waals surface area contributed by atoms with Gasteiger partial charge < -0.3 is 4.57 Å². The van der Waals surface area contributed by atoms with E-state index in [1.807, 2.05) is 29.5 Å². The van der Waals surface area contributed by atoms with Gasteiger partial charge in [-0.05, 0) is 53.6 Å². The number of rotatable bonds is 5. The summed E-state index contributed by atoms with van der Waals surface area (Å²) in [4.78, 5) is 15.9. The quantitative estimate of drug-likeness (QED) is 0.176. The van der Waals surface area contributed by atoms with Crippen LogP contribution in [0.3, 0.4) is 0 Å². The molecular formula is C51H31N5S. The molecule has 0 aliphatic rings. The number of hydrogen-bond acceptors (Lipinski definition) is 4. The molecule has 5 nitrogen and oxygen atoms in total. The first-order valence-electron chi connectivity index (χ1n) is 19.1. The Morgan fingerprint density at radius 2 is 1.00 bits per heavy atom. The van der Waals surface area contributed by atoms with E-state index >= 15 is 0 Å². The van der Waals surface area contributed by atoms with E-state index in [9.17, 15) is 0 Å². The van der Waals surface area contributed by atoms with Crippen LogP contribution in [0.1, 0.15) is 0 Å². The Labute approximate surface area is 331 Å². The van der Waals surface area contributed by atoms with Gasteiger partial charge in [0.05, 0.1) is 22.1 Å². The van der Waals surface area contributed by atoms with Crippen molar-refractivity contribution < 1.29 is 0 Å². The van der Waals surface area contributed by atoms with Crippen molar-refractivity contribution in [1.82, 2.24) is 24.1 Å². The highest BCUT2D eigenvalue weighted by atomic mass is 32.1. The second-order valence-corrected chi connectivity index (χ2v) is 15.5. The van der Waals surface area contributed by atoms with Crippen molar-refractivity contribution >= 4 is 75.1 Å². The molecule has 6 heteroatoms. The summed E-state index contributed by atoms with van der Waals surface area (Å²) >= 11 is 1.84. The maximum absolute atomic E-state index is 5.39. The molecule has 0 saturated heterocycles. The summed E-state index contributed by atoms with van der Waals surface area (Å²) in [7, 11) is 0. The molecule has 4 heterocycles. The minimum absolute atomic E-state index is 0.575. The summed E-state index contributed by atoms with van der Waals surface area (Å²) in [6, 6.07) is 66.5. The minimum Gasteiger partial charge on any atom is -0.309 e. The molecule has 57 heavy (non-hydrogen) atoms. The van der Waals surface area contributed by atoms with Crippen LogP contribution in [0.5, 0.6) is 0 Å². The summed E-state index contributed by atoms with van der Waals surface area (Å²) in [6.07, 6.45) is 0. The van der Waals surface area contributed by atoms with Gasteiger partial charge in [0.2, 0.25) is 5.95 Å². The zero-order chi connectivity index (χ0) is 37.5. The Balaban J connectivity index is 1.14. The number of para-hydroxylation sites is 3. The Morgan fingerprint density at radius 1 is 0.386 bits per heavy atom. The zero-order valence-corrected chi connectivity index (χ0v) is 31.4. The molecule has 0 N–H and O–H groups in total. The van der Waals surface area contributed by atoms with Gasteiger partial charge in [0.1, 0.15) is 0 Å². The molecule has 0 radical (unpaired) electrons. The predicted octanol–water partition coefficient (Wildman–Crippen LogP) is 13.4. The molecule has 0 fully saturated rings. The Bertz CT molecular complexity index is 3520. The van der Waals surface area contributed by atoms with Gasteiger partial charge in [-0.1, -0.05) is 146 Å². The van der Waals surface area contributed by atoms with Gasteiger partial charge in [-0.15, -0.1) is 11.3 Å². The van der Waals surface area contributed by atoms with Crippen molar-refractivity contribution in [2.45, 2.75) is 0 Å². The fourth-order valence-electron chi connectivity index (χ4n) is 8.68. The normalized spacial score (nSPS) is 11.9. The van der Waals surface area contributed by atoms with E-state index < -0.39 is 0 Å². The van der Waals surface area contributed by atoms with Crippen LogP contribution in [-0.4, -0.2) is 24.1 Å². The van der Waals surface area contributed by atoms with Gasteiger partial charge in [-0.3, -0.25) is 4.57 Å². The van der Waals surface area contributed by atoms with Gasteiger partial charge in [0.25, 0.3) is 0 Å². The maximum atomic E-state index is 5.39. The lowest BCUT2D eigenvalue weighted by Crippen LogP contribution is -2.06. The van der Waals surface area contributed by atoms with Crippen molar-refractivity contribution in [3.05, 3.63) is 188 Å². The standard InChI is InChI=1S/C51H31N5S/c1-3-15-32(16-4-1)49-52-50(34-18-13-17-33(31-34)36-24-14-25-40-38-22-9-12-28-45(38)57-48(36)40)54-51(53-49)56-42-26-10-7-21-37(42)39-29-30-44-46(47(39)56)41-23-8-11-27-43(41)55(44)35-19-5-2-6-20-35/h1-31H. The van der Waals surface area contributed by atoms with E-state index in [-0.39, 0.29) is 0 Å². The van der Waals surface area contributed by atoms with Crippen LogP contribution in [0, 0.1) is 0 Å². The topological polar surface area (TPSA) is 48.5 Å². The van der Waals surface area contributed by atoms with E-state index in [2.05, 4.69) is 179 Å². The summed E-state index contributed by atoms with van der Waals surface area (Å²) in [5.41, 5.74) is 9.69. The van der Waals surface area contributed by atoms with E-state index in [4.69, 9.17) is 15.0 Å². The van der Waals surface area contributed by atoms with Crippen molar-refractivity contribution in [3.8, 4) is 45.5 Å². The Hall–Kier alpha value is -7.41. The number of hydrogen-bond donors (Lipinski definition) is 0. The van der Waals surface area contributed by atoms with E-state index in [0.717, 1.165) is 60.6 Å². The highest BCUT2D eigenvalue weighted by Gasteiger charge is 2.23. The molecule has 12 aromatic rings.